The molecule has 5 heteroatoms. The van der Waals surface area contributed by atoms with Gasteiger partial charge in [0.15, 0.2) is 6.54 Å². The fourth-order valence-electron chi connectivity index (χ4n) is 3.12. The summed E-state index contributed by atoms with van der Waals surface area (Å²) in [7, 11) is 3.58. The van der Waals surface area contributed by atoms with Crippen LogP contribution in [0.4, 0.5) is 5.69 Å². The summed E-state index contributed by atoms with van der Waals surface area (Å²) in [5.41, 5.74) is 2.34. The minimum Gasteiger partial charge on any atom is -0.355 e. The van der Waals surface area contributed by atoms with E-state index in [1.165, 1.54) is 16.3 Å². The van der Waals surface area contributed by atoms with Crippen molar-refractivity contribution in [1.29, 1.82) is 0 Å². The van der Waals surface area contributed by atoms with Crippen LogP contribution in [-0.2, 0) is 11.3 Å². The topological polar surface area (TPSA) is 62.6 Å². The van der Waals surface area contributed by atoms with Gasteiger partial charge in [0.1, 0.15) is 6.54 Å². The van der Waals surface area contributed by atoms with Gasteiger partial charge in [0, 0.05) is 23.9 Å². The maximum atomic E-state index is 12.3. The number of carbonyl (C=O) groups excluding carboxylic acids is 2. The summed E-state index contributed by atoms with van der Waals surface area (Å²) in [6.45, 7) is 1.10. The number of fused-ring (bicyclic) bond motifs is 1. The number of hydrogen-bond donors (Lipinski definition) is 3. The lowest BCUT2D eigenvalue weighted by Gasteiger charge is -2.14. The molecule has 138 valence electrons. The first-order valence-electron chi connectivity index (χ1n) is 8.96. The number of amides is 2. The molecule has 0 saturated carbocycles. The minimum atomic E-state index is -0.176. The molecule has 5 nitrogen and oxygen atoms in total. The predicted molar refractivity (Wildman–Crippen MR) is 108 cm³/mol. The molecule has 3 aromatic carbocycles. The minimum absolute atomic E-state index is 0.0812. The first-order valence-corrected chi connectivity index (χ1v) is 8.96. The Labute approximate surface area is 159 Å². The van der Waals surface area contributed by atoms with Gasteiger partial charge < -0.3 is 15.5 Å². The molecule has 2 amide bonds. The molecule has 0 saturated heterocycles. The van der Waals surface area contributed by atoms with E-state index >= 15 is 0 Å². The molecule has 3 aromatic rings. The molecule has 0 bridgehead atoms. The average Bonchev–Trinajstić information content (AvgIpc) is 2.67. The SMILES string of the molecule is CNC(=O)c1cccc(NC(=O)C[NH+](C)Cc2ccc3ccccc3c2)c1. The van der Waals surface area contributed by atoms with E-state index in [9.17, 15) is 9.59 Å². The molecule has 1 atom stereocenters. The van der Waals surface area contributed by atoms with Gasteiger partial charge in [-0.05, 0) is 35.0 Å². The summed E-state index contributed by atoms with van der Waals surface area (Å²) < 4.78 is 0. The van der Waals surface area contributed by atoms with Crippen LogP contribution < -0.4 is 15.5 Å². The number of hydrogen-bond acceptors (Lipinski definition) is 2. The third-order valence-electron chi connectivity index (χ3n) is 4.42. The maximum Gasteiger partial charge on any atom is 0.279 e. The lowest BCUT2D eigenvalue weighted by molar-refractivity contribution is -0.885. The van der Waals surface area contributed by atoms with E-state index in [1.54, 1.807) is 31.3 Å². The Bertz CT molecular complexity index is 968. The van der Waals surface area contributed by atoms with E-state index < -0.39 is 0 Å². The van der Waals surface area contributed by atoms with Crippen molar-refractivity contribution in [1.82, 2.24) is 5.32 Å². The summed E-state index contributed by atoms with van der Waals surface area (Å²) in [6.07, 6.45) is 0. The Kier molecular flexibility index (Phi) is 5.84. The molecule has 3 rings (SSSR count). The Balaban J connectivity index is 1.59. The van der Waals surface area contributed by atoms with Crippen molar-refractivity contribution >= 4 is 28.3 Å². The van der Waals surface area contributed by atoms with Crippen molar-refractivity contribution in [2.24, 2.45) is 0 Å². The van der Waals surface area contributed by atoms with Crippen molar-refractivity contribution in [2.45, 2.75) is 6.54 Å². The largest absolute Gasteiger partial charge is 0.355 e. The van der Waals surface area contributed by atoms with E-state index in [1.807, 2.05) is 19.2 Å². The summed E-state index contributed by atoms with van der Waals surface area (Å²) in [5.74, 6) is -0.257. The summed E-state index contributed by atoms with van der Waals surface area (Å²) in [4.78, 5) is 25.1. The molecule has 0 aromatic heterocycles. The zero-order valence-corrected chi connectivity index (χ0v) is 15.6. The molecule has 0 heterocycles. The molecule has 0 fully saturated rings. The monoisotopic (exact) mass is 362 g/mol. The van der Waals surface area contributed by atoms with Crippen molar-refractivity contribution in [3.63, 3.8) is 0 Å². The highest BCUT2D eigenvalue weighted by atomic mass is 16.2. The normalized spacial score (nSPS) is 11.8. The maximum absolute atomic E-state index is 12.3. The second-order valence-electron chi connectivity index (χ2n) is 6.70. The molecule has 1 unspecified atom stereocenters. The van der Waals surface area contributed by atoms with Crippen LogP contribution in [0, 0.1) is 0 Å². The highest BCUT2D eigenvalue weighted by molar-refractivity contribution is 5.97. The van der Waals surface area contributed by atoms with Gasteiger partial charge in [-0.25, -0.2) is 0 Å². The third kappa shape index (κ3) is 4.92. The molecular weight excluding hydrogens is 338 g/mol. The van der Waals surface area contributed by atoms with E-state index in [-0.39, 0.29) is 11.8 Å². The molecule has 0 aliphatic carbocycles. The number of rotatable bonds is 6. The Hall–Kier alpha value is -3.18. The predicted octanol–water partition coefficient (Wildman–Crippen LogP) is 1.85. The molecule has 3 N–H and O–H groups in total. The van der Waals surface area contributed by atoms with Gasteiger partial charge in [-0.3, -0.25) is 9.59 Å². The molecule has 0 radical (unpaired) electrons. The number of likely N-dealkylation sites (N-methyl/N-ethyl adjacent to an activating group) is 1. The molecule has 0 spiro atoms. The van der Waals surface area contributed by atoms with Gasteiger partial charge in [0.2, 0.25) is 0 Å². The van der Waals surface area contributed by atoms with E-state index in [4.69, 9.17) is 0 Å². The summed E-state index contributed by atoms with van der Waals surface area (Å²) in [5, 5.41) is 7.87. The second-order valence-corrected chi connectivity index (χ2v) is 6.70. The number of carbonyl (C=O) groups is 2. The average molecular weight is 362 g/mol. The molecule has 0 aliphatic rings. The highest BCUT2D eigenvalue weighted by Gasteiger charge is 2.12. The van der Waals surface area contributed by atoms with Gasteiger partial charge in [-0.1, -0.05) is 42.5 Å². The van der Waals surface area contributed by atoms with Crippen LogP contribution in [0.5, 0.6) is 0 Å². The zero-order chi connectivity index (χ0) is 19.2. The van der Waals surface area contributed by atoms with Gasteiger partial charge in [0.25, 0.3) is 11.8 Å². The fraction of sp³-hybridized carbons (Fsp3) is 0.182. The summed E-state index contributed by atoms with van der Waals surface area (Å²) in [6, 6.07) is 21.6. The summed E-state index contributed by atoms with van der Waals surface area (Å²) >= 11 is 0. The Morgan fingerprint density at radius 3 is 2.48 bits per heavy atom. The molecule has 0 aliphatic heterocycles. The van der Waals surface area contributed by atoms with Crippen LogP contribution >= 0.6 is 0 Å². The van der Waals surface area contributed by atoms with Gasteiger partial charge in [-0.15, -0.1) is 0 Å². The molecular formula is C22H24N3O2+. The van der Waals surface area contributed by atoms with Crippen LogP contribution in [-0.4, -0.2) is 32.5 Å². The quantitative estimate of drug-likeness (QED) is 0.627. The van der Waals surface area contributed by atoms with Crippen molar-refractivity contribution in [2.75, 3.05) is 26.0 Å². The second kappa shape index (κ2) is 8.47. The standard InChI is InChI=1S/C22H23N3O2/c1-23-22(27)19-8-5-9-20(13-19)24-21(26)15-25(2)14-16-10-11-17-6-3-4-7-18(17)12-16/h3-13H,14-15H2,1-2H3,(H,23,27)(H,24,26)/p+1. The van der Waals surface area contributed by atoms with E-state index in [2.05, 4.69) is 41.0 Å². The van der Waals surface area contributed by atoms with Crippen LogP contribution in [0.25, 0.3) is 10.8 Å². The number of quaternary nitrogens is 1. The van der Waals surface area contributed by atoms with Gasteiger partial charge in [-0.2, -0.15) is 0 Å². The smallest absolute Gasteiger partial charge is 0.279 e. The number of anilines is 1. The van der Waals surface area contributed by atoms with Crippen LogP contribution in [0.3, 0.4) is 0 Å². The number of nitrogens with one attached hydrogen (secondary N) is 3. The number of benzene rings is 3. The lowest BCUT2D eigenvalue weighted by Crippen LogP contribution is -3.08. The van der Waals surface area contributed by atoms with Crippen molar-refractivity contribution in [3.8, 4) is 0 Å². The van der Waals surface area contributed by atoms with Crippen molar-refractivity contribution in [3.05, 3.63) is 77.9 Å². The van der Waals surface area contributed by atoms with Crippen LogP contribution in [0.2, 0.25) is 0 Å². The first-order chi connectivity index (χ1) is 13.0. The van der Waals surface area contributed by atoms with E-state index in [0.29, 0.717) is 17.8 Å². The van der Waals surface area contributed by atoms with Crippen molar-refractivity contribution < 1.29 is 14.5 Å². The molecule has 27 heavy (non-hydrogen) atoms. The van der Waals surface area contributed by atoms with Gasteiger partial charge >= 0.3 is 0 Å². The third-order valence-corrected chi connectivity index (χ3v) is 4.42. The van der Waals surface area contributed by atoms with Gasteiger partial charge in [0.05, 0.1) is 7.05 Å². The first kappa shape index (κ1) is 18.6. The Morgan fingerprint density at radius 2 is 1.70 bits per heavy atom. The zero-order valence-electron chi connectivity index (χ0n) is 15.6. The van der Waals surface area contributed by atoms with Crippen LogP contribution in [0.15, 0.2) is 66.7 Å². The van der Waals surface area contributed by atoms with Crippen LogP contribution in [0.1, 0.15) is 15.9 Å². The Morgan fingerprint density at radius 1 is 0.926 bits per heavy atom. The van der Waals surface area contributed by atoms with E-state index in [0.717, 1.165) is 11.4 Å². The fourth-order valence-corrected chi connectivity index (χ4v) is 3.12. The highest BCUT2D eigenvalue weighted by Crippen LogP contribution is 2.15. The lowest BCUT2D eigenvalue weighted by atomic mass is 10.1.